The summed E-state index contributed by atoms with van der Waals surface area (Å²) in [7, 11) is -4.47. The first-order chi connectivity index (χ1) is 3.06. The van der Waals surface area contributed by atoms with Gasteiger partial charge in [-0.05, 0) is 0 Å². The van der Waals surface area contributed by atoms with Gasteiger partial charge in [0.2, 0.25) is 0 Å². The van der Waals surface area contributed by atoms with Gasteiger partial charge >= 0.3 is 10.3 Å². The minimum absolute atomic E-state index is 0. The molecule has 0 rings (SSSR count). The van der Waals surface area contributed by atoms with Crippen molar-refractivity contribution >= 4 is 67.8 Å². The maximum absolute atomic E-state index is 9.36. The van der Waals surface area contributed by atoms with E-state index in [2.05, 4.69) is 0 Å². The van der Waals surface area contributed by atoms with Crippen molar-refractivity contribution in [1.82, 2.24) is 0 Å². The molecule has 7 heteroatoms. The standard InChI is InChI=1S/CHNO4S.K/c3-1-2-7(4,5)6;/h(H,4,5,6);. The molecule has 0 bridgehead atoms. The van der Waals surface area contributed by atoms with Crippen molar-refractivity contribution < 1.29 is 17.8 Å². The van der Waals surface area contributed by atoms with Crippen molar-refractivity contribution in [3.63, 3.8) is 0 Å². The van der Waals surface area contributed by atoms with E-state index in [-0.39, 0.29) is 51.4 Å². The van der Waals surface area contributed by atoms with Gasteiger partial charge < -0.3 is 0 Å². The van der Waals surface area contributed by atoms with Crippen LogP contribution in [0.5, 0.6) is 0 Å². The average molecular weight is 162 g/mol. The monoisotopic (exact) mass is 162 g/mol. The zero-order valence-corrected chi connectivity index (χ0v) is 7.97. The van der Waals surface area contributed by atoms with Crippen molar-refractivity contribution in [2.24, 2.45) is 4.40 Å². The molecular weight excluding hydrogens is 161 g/mol. The molecule has 1 N–H and O–H groups in total. The normalized spacial score (nSPS) is 8.62. The van der Waals surface area contributed by atoms with Crippen molar-refractivity contribution in [3.8, 4) is 0 Å². The van der Waals surface area contributed by atoms with Crippen molar-refractivity contribution in [2.45, 2.75) is 0 Å². The molecule has 0 atom stereocenters. The summed E-state index contributed by atoms with van der Waals surface area (Å²) < 4.78 is 28.3. The average Bonchev–Trinajstić information content (AvgIpc) is 1.30. The summed E-state index contributed by atoms with van der Waals surface area (Å²) in [5.41, 5.74) is 0. The van der Waals surface area contributed by atoms with E-state index in [4.69, 9.17) is 9.35 Å². The van der Waals surface area contributed by atoms with E-state index in [9.17, 15) is 8.42 Å². The van der Waals surface area contributed by atoms with Gasteiger partial charge in [0.1, 0.15) is 0 Å². The minimum Gasteiger partial charge on any atom is -0.267 e. The molecule has 0 amide bonds. The summed E-state index contributed by atoms with van der Waals surface area (Å²) in [4.78, 5) is 8.99. The zero-order valence-electron chi connectivity index (χ0n) is 4.03. The van der Waals surface area contributed by atoms with Gasteiger partial charge in [-0.15, -0.1) is 0 Å². The van der Waals surface area contributed by atoms with Gasteiger partial charge in [-0.2, -0.15) is 8.42 Å². The summed E-state index contributed by atoms with van der Waals surface area (Å²) in [6, 6.07) is 0. The second kappa shape index (κ2) is 4.77. The Morgan fingerprint density at radius 3 is 1.88 bits per heavy atom. The molecule has 41 valence electrons. The molecule has 0 saturated carbocycles. The molecule has 0 heterocycles. The van der Waals surface area contributed by atoms with Gasteiger partial charge in [0, 0.05) is 51.4 Å². The number of nitrogens with zero attached hydrogens (tertiary/aromatic N) is 1. The Morgan fingerprint density at radius 1 is 1.50 bits per heavy atom. The molecule has 0 aromatic heterocycles. The van der Waals surface area contributed by atoms with Crippen LogP contribution >= 0.6 is 0 Å². The second-order valence-corrected chi connectivity index (χ2v) is 1.71. The van der Waals surface area contributed by atoms with Crippen molar-refractivity contribution in [1.29, 1.82) is 0 Å². The molecule has 1 radical (unpaired) electrons. The van der Waals surface area contributed by atoms with Crippen LogP contribution in [0.1, 0.15) is 0 Å². The van der Waals surface area contributed by atoms with E-state index >= 15 is 0 Å². The molecule has 0 saturated heterocycles. The fourth-order valence-corrected chi connectivity index (χ4v) is 0.141. The predicted molar refractivity (Wildman–Crippen MR) is 25.4 cm³/mol. The van der Waals surface area contributed by atoms with E-state index < -0.39 is 10.3 Å². The Morgan fingerprint density at radius 2 is 1.88 bits per heavy atom. The summed E-state index contributed by atoms with van der Waals surface area (Å²) >= 11 is 0. The first-order valence-electron chi connectivity index (χ1n) is 1.13. The molecule has 8 heavy (non-hydrogen) atoms. The van der Waals surface area contributed by atoms with Crippen LogP contribution < -0.4 is 0 Å². The third-order valence-electron chi connectivity index (χ3n) is 0.153. The number of hydrogen-bond acceptors (Lipinski definition) is 3. The van der Waals surface area contributed by atoms with Gasteiger partial charge in [0.05, 0.1) is 0 Å². The molecule has 0 aliphatic rings. The fourth-order valence-electron chi connectivity index (χ4n) is 0.0471. The minimum atomic E-state index is -4.47. The maximum Gasteiger partial charge on any atom is 0.388 e. The Balaban J connectivity index is 0. The van der Waals surface area contributed by atoms with Gasteiger partial charge in [-0.25, -0.2) is 4.79 Å². The van der Waals surface area contributed by atoms with Gasteiger partial charge in [0.15, 0.2) is 0 Å². The first-order valence-corrected chi connectivity index (χ1v) is 2.52. The fraction of sp³-hybridized carbons (Fsp3) is 0. The molecular formula is CHKNO4S. The van der Waals surface area contributed by atoms with Gasteiger partial charge in [0.25, 0.3) is 6.08 Å². The van der Waals surface area contributed by atoms with Crippen LogP contribution in [0.4, 0.5) is 0 Å². The summed E-state index contributed by atoms with van der Waals surface area (Å²) in [6.45, 7) is 0. The van der Waals surface area contributed by atoms with E-state index in [1.807, 2.05) is 4.40 Å². The first kappa shape index (κ1) is 11.7. The molecule has 5 nitrogen and oxygen atoms in total. The SMILES string of the molecule is O=C=NS(=O)(=O)O.[K]. The number of rotatable bonds is 1. The molecule has 0 spiro atoms. The van der Waals surface area contributed by atoms with Gasteiger partial charge in [-0.3, -0.25) is 4.55 Å². The predicted octanol–water partition coefficient (Wildman–Crippen LogP) is -1.26. The molecule has 0 fully saturated rings. The quantitative estimate of drug-likeness (QED) is 0.226. The second-order valence-electron chi connectivity index (χ2n) is 0.630. The van der Waals surface area contributed by atoms with Crippen molar-refractivity contribution in [3.05, 3.63) is 0 Å². The molecule has 0 aromatic carbocycles. The third-order valence-corrected chi connectivity index (χ3v) is 0.458. The van der Waals surface area contributed by atoms with Crippen LogP contribution in [-0.4, -0.2) is 70.4 Å². The largest absolute Gasteiger partial charge is 0.388 e. The van der Waals surface area contributed by atoms with Gasteiger partial charge in [-0.1, -0.05) is 4.40 Å². The maximum atomic E-state index is 9.36. The molecule has 0 aliphatic heterocycles. The Kier molecular flexibility index (Phi) is 6.97. The summed E-state index contributed by atoms with van der Waals surface area (Å²) in [5, 5.41) is 0. The Labute approximate surface area is 88.5 Å². The van der Waals surface area contributed by atoms with Crippen LogP contribution in [0, 0.1) is 0 Å². The summed E-state index contributed by atoms with van der Waals surface area (Å²) in [6.07, 6.45) is 0.645. The van der Waals surface area contributed by atoms with E-state index in [0.717, 1.165) is 0 Å². The van der Waals surface area contributed by atoms with Crippen LogP contribution in [0.15, 0.2) is 4.40 Å². The van der Waals surface area contributed by atoms with Crippen LogP contribution in [-0.2, 0) is 15.1 Å². The molecule has 0 aromatic rings. The zero-order chi connectivity index (χ0) is 5.91. The topological polar surface area (TPSA) is 83.8 Å². The van der Waals surface area contributed by atoms with Crippen LogP contribution in [0.3, 0.4) is 0 Å². The number of isocyanates is 1. The van der Waals surface area contributed by atoms with E-state index in [0.29, 0.717) is 6.08 Å². The Hall–Kier alpha value is 0.926. The third kappa shape index (κ3) is 10.0. The molecule has 0 aliphatic carbocycles. The molecule has 0 unspecified atom stereocenters. The number of hydrogen-bond donors (Lipinski definition) is 1. The van der Waals surface area contributed by atoms with E-state index in [1.165, 1.54) is 0 Å². The Bertz CT molecular complexity index is 188. The van der Waals surface area contributed by atoms with Crippen LogP contribution in [0.2, 0.25) is 0 Å². The van der Waals surface area contributed by atoms with E-state index in [1.54, 1.807) is 0 Å². The number of carbonyl (C=O) groups excluding carboxylic acids is 1. The summed E-state index contributed by atoms with van der Waals surface area (Å²) in [5.74, 6) is 0. The van der Waals surface area contributed by atoms with Crippen LogP contribution in [0.25, 0.3) is 0 Å². The van der Waals surface area contributed by atoms with Crippen molar-refractivity contribution in [2.75, 3.05) is 0 Å². The smallest absolute Gasteiger partial charge is 0.267 e.